The van der Waals surface area contributed by atoms with Crippen LogP contribution in [0.25, 0.3) is 0 Å². The van der Waals surface area contributed by atoms with Crippen molar-refractivity contribution in [1.29, 1.82) is 0 Å². The summed E-state index contributed by atoms with van der Waals surface area (Å²) in [4.78, 5) is 2.10. The van der Waals surface area contributed by atoms with E-state index >= 15 is 0 Å². The number of anilines is 1. The summed E-state index contributed by atoms with van der Waals surface area (Å²) in [5, 5.41) is 3.28. The van der Waals surface area contributed by atoms with Gasteiger partial charge in [-0.25, -0.2) is 4.39 Å². The summed E-state index contributed by atoms with van der Waals surface area (Å²) in [6.07, 6.45) is 0.227. The number of nitrogens with one attached hydrogen (secondary N) is 1. The van der Waals surface area contributed by atoms with Crippen molar-refractivity contribution < 1.29 is 13.9 Å². The highest BCUT2D eigenvalue weighted by molar-refractivity contribution is 5.55. The summed E-state index contributed by atoms with van der Waals surface area (Å²) in [5.74, 6) is -0.164. The first-order chi connectivity index (χ1) is 10.1. The van der Waals surface area contributed by atoms with Gasteiger partial charge in [0.2, 0.25) is 0 Å². The van der Waals surface area contributed by atoms with E-state index in [1.165, 1.54) is 6.07 Å². The van der Waals surface area contributed by atoms with E-state index in [1.807, 2.05) is 19.9 Å². The molecule has 2 rings (SSSR count). The van der Waals surface area contributed by atoms with E-state index in [0.717, 1.165) is 25.2 Å². The van der Waals surface area contributed by atoms with Gasteiger partial charge in [-0.1, -0.05) is 12.1 Å². The lowest BCUT2D eigenvalue weighted by Gasteiger charge is -2.38. The predicted octanol–water partition coefficient (Wildman–Crippen LogP) is 2.18. The summed E-state index contributed by atoms with van der Waals surface area (Å²) in [6, 6.07) is 5.27. The van der Waals surface area contributed by atoms with E-state index in [0.29, 0.717) is 18.8 Å². The first kappa shape index (κ1) is 16.2. The second-order valence-electron chi connectivity index (χ2n) is 5.58. The third kappa shape index (κ3) is 4.40. The molecule has 2 atom stereocenters. The lowest BCUT2D eigenvalue weighted by Crippen LogP contribution is -2.46. The van der Waals surface area contributed by atoms with Crippen LogP contribution in [0.1, 0.15) is 19.4 Å². The zero-order valence-electron chi connectivity index (χ0n) is 13.1. The van der Waals surface area contributed by atoms with Crippen LogP contribution in [-0.4, -0.2) is 45.6 Å². The minimum absolute atomic E-state index is 0.114. The number of morpholine rings is 1. The molecule has 0 saturated carbocycles. The molecule has 118 valence electrons. The number of hydrogen-bond donors (Lipinski definition) is 1. The van der Waals surface area contributed by atoms with E-state index in [4.69, 9.17) is 9.47 Å². The van der Waals surface area contributed by atoms with Crippen LogP contribution in [0.15, 0.2) is 18.2 Å². The number of halogens is 1. The molecule has 0 bridgehead atoms. The van der Waals surface area contributed by atoms with Crippen LogP contribution < -0.4 is 10.2 Å². The highest BCUT2D eigenvalue weighted by Crippen LogP contribution is 2.27. The van der Waals surface area contributed by atoms with Gasteiger partial charge in [-0.05, 0) is 25.5 Å². The van der Waals surface area contributed by atoms with E-state index in [-0.39, 0.29) is 18.0 Å². The van der Waals surface area contributed by atoms with E-state index in [9.17, 15) is 4.39 Å². The summed E-state index contributed by atoms with van der Waals surface area (Å²) in [6.45, 7) is 7.53. The Morgan fingerprint density at radius 3 is 2.71 bits per heavy atom. The molecule has 0 radical (unpaired) electrons. The quantitative estimate of drug-likeness (QED) is 0.816. The zero-order valence-corrected chi connectivity index (χ0v) is 13.1. The van der Waals surface area contributed by atoms with Crippen molar-refractivity contribution in [1.82, 2.24) is 5.32 Å². The van der Waals surface area contributed by atoms with Crippen LogP contribution in [0.4, 0.5) is 10.1 Å². The maximum atomic E-state index is 14.3. The van der Waals surface area contributed by atoms with Crippen LogP contribution in [0.5, 0.6) is 0 Å². The van der Waals surface area contributed by atoms with Crippen molar-refractivity contribution >= 4 is 5.69 Å². The molecule has 1 aromatic carbocycles. The van der Waals surface area contributed by atoms with Gasteiger partial charge in [0, 0.05) is 33.3 Å². The van der Waals surface area contributed by atoms with Gasteiger partial charge in [0.1, 0.15) is 5.82 Å². The van der Waals surface area contributed by atoms with Gasteiger partial charge in [0.15, 0.2) is 0 Å². The van der Waals surface area contributed by atoms with Crippen molar-refractivity contribution in [2.45, 2.75) is 32.6 Å². The maximum Gasteiger partial charge on any atom is 0.146 e. The molecule has 21 heavy (non-hydrogen) atoms. The molecule has 0 unspecified atom stereocenters. The third-order valence-corrected chi connectivity index (χ3v) is 3.60. The Kier molecular flexibility index (Phi) is 5.96. The number of para-hydroxylation sites is 1. The molecule has 0 spiro atoms. The molecule has 1 fully saturated rings. The van der Waals surface area contributed by atoms with Crippen LogP contribution in [-0.2, 0) is 16.0 Å². The first-order valence-electron chi connectivity index (χ1n) is 7.49. The Labute approximate surface area is 126 Å². The van der Waals surface area contributed by atoms with Crippen molar-refractivity contribution in [2.24, 2.45) is 0 Å². The van der Waals surface area contributed by atoms with Gasteiger partial charge >= 0.3 is 0 Å². The normalized spacial score (nSPS) is 22.6. The highest BCUT2D eigenvalue weighted by Gasteiger charge is 2.25. The molecule has 0 aliphatic carbocycles. The molecule has 0 aromatic heterocycles. The number of benzene rings is 1. The fourth-order valence-electron chi connectivity index (χ4n) is 2.81. The van der Waals surface area contributed by atoms with Crippen molar-refractivity contribution in [3.8, 4) is 0 Å². The molecule has 5 heteroatoms. The molecular weight excluding hydrogens is 271 g/mol. The fraction of sp³-hybridized carbons (Fsp3) is 0.625. The highest BCUT2D eigenvalue weighted by atomic mass is 19.1. The minimum atomic E-state index is -0.164. The second kappa shape index (κ2) is 7.73. The monoisotopic (exact) mass is 296 g/mol. The predicted molar refractivity (Wildman–Crippen MR) is 82.2 cm³/mol. The van der Waals surface area contributed by atoms with Crippen LogP contribution in [0, 0.1) is 5.82 Å². The Bertz CT molecular complexity index is 446. The number of methoxy groups -OCH3 is 1. The van der Waals surface area contributed by atoms with Crippen LogP contribution >= 0.6 is 0 Å². The molecule has 1 aliphatic rings. The first-order valence-corrected chi connectivity index (χ1v) is 7.49. The van der Waals surface area contributed by atoms with Gasteiger partial charge < -0.3 is 19.7 Å². The second-order valence-corrected chi connectivity index (χ2v) is 5.58. The number of ether oxygens (including phenoxy) is 2. The smallest absolute Gasteiger partial charge is 0.146 e. The number of rotatable bonds is 6. The molecule has 1 aliphatic heterocycles. The van der Waals surface area contributed by atoms with Crippen molar-refractivity contribution in [3.63, 3.8) is 0 Å². The standard InChI is InChI=1S/C16H25FN2O2/c1-12-10-19(11-13(2)21-12)16-14(5-4-6-15(16)17)9-18-7-8-20-3/h4-6,12-13,18H,7-11H2,1-3H3/t12-,13+. The molecule has 0 amide bonds. The lowest BCUT2D eigenvalue weighted by atomic mass is 10.1. The Morgan fingerprint density at radius 2 is 2.05 bits per heavy atom. The molecular formula is C16H25FN2O2. The summed E-state index contributed by atoms with van der Waals surface area (Å²) >= 11 is 0. The molecule has 1 heterocycles. The minimum Gasteiger partial charge on any atom is -0.383 e. The van der Waals surface area contributed by atoms with Gasteiger partial charge in [0.25, 0.3) is 0 Å². The average molecular weight is 296 g/mol. The lowest BCUT2D eigenvalue weighted by molar-refractivity contribution is -0.00544. The Hall–Kier alpha value is -1.17. The summed E-state index contributed by atoms with van der Waals surface area (Å²) in [5.41, 5.74) is 1.68. The molecule has 1 saturated heterocycles. The Balaban J connectivity index is 2.13. The van der Waals surface area contributed by atoms with E-state index < -0.39 is 0 Å². The molecule has 1 N–H and O–H groups in total. The summed E-state index contributed by atoms with van der Waals surface area (Å²) in [7, 11) is 1.67. The average Bonchev–Trinajstić information content (AvgIpc) is 2.42. The maximum absolute atomic E-state index is 14.3. The van der Waals surface area contributed by atoms with Crippen LogP contribution in [0.3, 0.4) is 0 Å². The van der Waals surface area contributed by atoms with Crippen LogP contribution in [0.2, 0.25) is 0 Å². The van der Waals surface area contributed by atoms with Crippen molar-refractivity contribution in [2.75, 3.05) is 38.3 Å². The van der Waals surface area contributed by atoms with Gasteiger partial charge in [-0.2, -0.15) is 0 Å². The van der Waals surface area contributed by atoms with Crippen molar-refractivity contribution in [3.05, 3.63) is 29.6 Å². The SMILES string of the molecule is COCCNCc1cccc(F)c1N1C[C@@H](C)O[C@@H](C)C1. The van der Waals surface area contributed by atoms with Gasteiger partial charge in [-0.15, -0.1) is 0 Å². The number of nitrogens with zero attached hydrogens (tertiary/aromatic N) is 1. The topological polar surface area (TPSA) is 33.7 Å². The largest absolute Gasteiger partial charge is 0.383 e. The fourth-order valence-corrected chi connectivity index (χ4v) is 2.81. The molecule has 4 nitrogen and oxygen atoms in total. The Morgan fingerprint density at radius 1 is 1.33 bits per heavy atom. The van der Waals surface area contributed by atoms with E-state index in [1.54, 1.807) is 13.2 Å². The van der Waals surface area contributed by atoms with E-state index in [2.05, 4.69) is 10.2 Å². The zero-order chi connectivity index (χ0) is 15.2. The molecule has 1 aromatic rings. The summed E-state index contributed by atoms with van der Waals surface area (Å²) < 4.78 is 25.1. The third-order valence-electron chi connectivity index (χ3n) is 3.60. The van der Waals surface area contributed by atoms with Gasteiger partial charge in [0.05, 0.1) is 24.5 Å². The van der Waals surface area contributed by atoms with Gasteiger partial charge in [-0.3, -0.25) is 0 Å². The number of hydrogen-bond acceptors (Lipinski definition) is 4.